The first-order chi connectivity index (χ1) is 8.63. The summed E-state index contributed by atoms with van der Waals surface area (Å²) in [4.78, 5) is 14.6. The molecule has 0 saturated heterocycles. The summed E-state index contributed by atoms with van der Waals surface area (Å²) >= 11 is 9.38. The van der Waals surface area contributed by atoms with E-state index in [1.165, 1.54) is 0 Å². The summed E-state index contributed by atoms with van der Waals surface area (Å²) < 4.78 is 5.81. The van der Waals surface area contributed by atoms with Gasteiger partial charge in [-0.1, -0.05) is 17.7 Å². The van der Waals surface area contributed by atoms with E-state index < -0.39 is 0 Å². The second-order valence-electron chi connectivity index (χ2n) is 3.62. The molecule has 1 heterocycles. The van der Waals surface area contributed by atoms with Crippen LogP contribution in [0.5, 0.6) is 0 Å². The molecule has 0 bridgehead atoms. The molecule has 1 N–H and O–H groups in total. The van der Waals surface area contributed by atoms with Crippen LogP contribution in [0.1, 0.15) is 17.4 Å². The molecule has 0 aliphatic heterocycles. The smallest absolute Gasteiger partial charge is 0.355 e. The van der Waals surface area contributed by atoms with Crippen molar-refractivity contribution < 1.29 is 9.53 Å². The fourth-order valence-electron chi connectivity index (χ4n) is 1.65. The first kappa shape index (κ1) is 13.2. The van der Waals surface area contributed by atoms with Crippen molar-refractivity contribution in [2.75, 3.05) is 6.61 Å². The molecule has 1 aromatic carbocycles. The van der Waals surface area contributed by atoms with Crippen molar-refractivity contribution in [2.24, 2.45) is 0 Å². The molecule has 2 rings (SSSR count). The van der Waals surface area contributed by atoms with Crippen LogP contribution >= 0.6 is 27.5 Å². The van der Waals surface area contributed by atoms with E-state index in [1.54, 1.807) is 19.2 Å². The van der Waals surface area contributed by atoms with Gasteiger partial charge in [0.2, 0.25) is 0 Å². The van der Waals surface area contributed by atoms with Gasteiger partial charge < -0.3 is 9.72 Å². The Bertz CT molecular complexity index is 580. The van der Waals surface area contributed by atoms with Gasteiger partial charge in [-0.15, -0.1) is 0 Å². The summed E-state index contributed by atoms with van der Waals surface area (Å²) in [6.07, 6.45) is 1.71. The molecule has 0 amide bonds. The third-order valence-electron chi connectivity index (χ3n) is 2.46. The van der Waals surface area contributed by atoms with Crippen LogP contribution in [0, 0.1) is 0 Å². The van der Waals surface area contributed by atoms with E-state index in [4.69, 9.17) is 16.3 Å². The largest absolute Gasteiger partial charge is 0.461 e. The maximum absolute atomic E-state index is 11.8. The molecule has 0 unspecified atom stereocenters. The van der Waals surface area contributed by atoms with Gasteiger partial charge in [0.05, 0.1) is 11.6 Å². The zero-order chi connectivity index (χ0) is 13.1. The SMILES string of the molecule is CCOC(=O)c1[nH]ccc1-c1ccc(Br)c(Cl)c1. The van der Waals surface area contributed by atoms with Crippen LogP contribution in [0.15, 0.2) is 34.9 Å². The van der Waals surface area contributed by atoms with Crippen LogP contribution in [0.4, 0.5) is 0 Å². The molecule has 3 nitrogen and oxygen atoms in total. The standard InChI is InChI=1S/C13H11BrClNO2/c1-2-18-13(17)12-9(5-6-16-12)8-3-4-10(14)11(15)7-8/h3-7,16H,2H2,1H3. The lowest BCUT2D eigenvalue weighted by Crippen LogP contribution is -2.06. The van der Waals surface area contributed by atoms with Gasteiger partial charge in [0, 0.05) is 16.2 Å². The zero-order valence-corrected chi connectivity index (χ0v) is 12.0. The average molecular weight is 329 g/mol. The molecule has 0 fully saturated rings. The van der Waals surface area contributed by atoms with Gasteiger partial charge in [0.25, 0.3) is 0 Å². The van der Waals surface area contributed by atoms with Crippen LogP contribution in [0.2, 0.25) is 5.02 Å². The van der Waals surface area contributed by atoms with E-state index in [-0.39, 0.29) is 5.97 Å². The highest BCUT2D eigenvalue weighted by Gasteiger charge is 2.15. The minimum atomic E-state index is -0.364. The monoisotopic (exact) mass is 327 g/mol. The van der Waals surface area contributed by atoms with Gasteiger partial charge in [-0.2, -0.15) is 0 Å². The number of aromatic amines is 1. The molecule has 0 saturated carbocycles. The lowest BCUT2D eigenvalue weighted by molar-refractivity contribution is 0.0521. The van der Waals surface area contributed by atoms with Crippen molar-refractivity contribution >= 4 is 33.5 Å². The lowest BCUT2D eigenvalue weighted by atomic mass is 10.1. The highest BCUT2D eigenvalue weighted by atomic mass is 79.9. The molecule has 94 valence electrons. The second-order valence-corrected chi connectivity index (χ2v) is 4.88. The first-order valence-electron chi connectivity index (χ1n) is 5.43. The van der Waals surface area contributed by atoms with Crippen LogP contribution in [-0.4, -0.2) is 17.6 Å². The van der Waals surface area contributed by atoms with Crippen LogP contribution in [0.25, 0.3) is 11.1 Å². The molecule has 1 aromatic heterocycles. The molecular weight excluding hydrogens is 318 g/mol. The molecule has 5 heteroatoms. The van der Waals surface area contributed by atoms with Gasteiger partial charge in [-0.25, -0.2) is 4.79 Å². The molecule has 0 aliphatic rings. The predicted molar refractivity (Wildman–Crippen MR) is 74.9 cm³/mol. The molecule has 0 spiro atoms. The Kier molecular flexibility index (Phi) is 4.09. The molecule has 0 radical (unpaired) electrons. The number of carbonyl (C=O) groups is 1. The second kappa shape index (κ2) is 5.59. The van der Waals surface area contributed by atoms with Crippen LogP contribution in [-0.2, 0) is 4.74 Å². The van der Waals surface area contributed by atoms with E-state index in [2.05, 4.69) is 20.9 Å². The number of ether oxygens (including phenoxy) is 1. The third kappa shape index (κ3) is 2.60. The average Bonchev–Trinajstić information content (AvgIpc) is 2.82. The van der Waals surface area contributed by atoms with E-state index in [9.17, 15) is 4.79 Å². The lowest BCUT2D eigenvalue weighted by Gasteiger charge is -2.05. The molecule has 0 aliphatic carbocycles. The zero-order valence-electron chi connectivity index (χ0n) is 9.67. The first-order valence-corrected chi connectivity index (χ1v) is 6.60. The van der Waals surface area contributed by atoms with Gasteiger partial charge in [0.1, 0.15) is 5.69 Å². The summed E-state index contributed by atoms with van der Waals surface area (Å²) in [5, 5.41) is 0.600. The van der Waals surface area contributed by atoms with Crippen molar-refractivity contribution in [3.8, 4) is 11.1 Å². The molecular formula is C13H11BrClNO2. The van der Waals surface area contributed by atoms with E-state index in [1.807, 2.05) is 18.2 Å². The number of rotatable bonds is 3. The summed E-state index contributed by atoms with van der Waals surface area (Å²) in [5.74, 6) is -0.364. The number of halogens is 2. The number of nitrogens with one attached hydrogen (secondary N) is 1. The Morgan fingerprint density at radius 1 is 1.44 bits per heavy atom. The number of esters is 1. The van der Waals surface area contributed by atoms with E-state index >= 15 is 0 Å². The maximum Gasteiger partial charge on any atom is 0.355 e. The van der Waals surface area contributed by atoms with Crippen molar-refractivity contribution in [3.05, 3.63) is 45.7 Å². The minimum absolute atomic E-state index is 0.346. The predicted octanol–water partition coefficient (Wildman–Crippen LogP) is 4.27. The molecule has 2 aromatic rings. The normalized spacial score (nSPS) is 10.4. The highest BCUT2D eigenvalue weighted by molar-refractivity contribution is 9.10. The molecule has 0 atom stereocenters. The Morgan fingerprint density at radius 3 is 2.89 bits per heavy atom. The Balaban J connectivity index is 2.42. The number of aromatic nitrogens is 1. The fraction of sp³-hybridized carbons (Fsp3) is 0.154. The number of benzene rings is 1. The fourth-order valence-corrected chi connectivity index (χ4v) is 2.07. The van der Waals surface area contributed by atoms with Gasteiger partial charge in [-0.3, -0.25) is 0 Å². The number of carbonyl (C=O) groups excluding carboxylic acids is 1. The summed E-state index contributed by atoms with van der Waals surface area (Å²) in [6, 6.07) is 7.37. The Morgan fingerprint density at radius 2 is 2.22 bits per heavy atom. The van der Waals surface area contributed by atoms with Crippen molar-refractivity contribution in [2.45, 2.75) is 6.92 Å². The summed E-state index contributed by atoms with van der Waals surface area (Å²) in [7, 11) is 0. The third-order valence-corrected chi connectivity index (χ3v) is 3.69. The summed E-state index contributed by atoms with van der Waals surface area (Å²) in [6.45, 7) is 2.12. The number of hydrogen-bond acceptors (Lipinski definition) is 2. The Labute approximate surface area is 118 Å². The van der Waals surface area contributed by atoms with Crippen molar-refractivity contribution in [1.82, 2.24) is 4.98 Å². The summed E-state index contributed by atoms with van der Waals surface area (Å²) in [5.41, 5.74) is 2.09. The minimum Gasteiger partial charge on any atom is -0.461 e. The number of hydrogen-bond donors (Lipinski definition) is 1. The van der Waals surface area contributed by atoms with Gasteiger partial charge in [0.15, 0.2) is 0 Å². The van der Waals surface area contributed by atoms with Crippen molar-refractivity contribution in [3.63, 3.8) is 0 Å². The van der Waals surface area contributed by atoms with Crippen LogP contribution < -0.4 is 0 Å². The number of H-pyrrole nitrogens is 1. The van der Waals surface area contributed by atoms with Crippen molar-refractivity contribution in [1.29, 1.82) is 0 Å². The molecule has 18 heavy (non-hydrogen) atoms. The maximum atomic E-state index is 11.8. The quantitative estimate of drug-likeness (QED) is 0.855. The highest BCUT2D eigenvalue weighted by Crippen LogP contribution is 2.30. The van der Waals surface area contributed by atoms with E-state index in [0.29, 0.717) is 17.3 Å². The van der Waals surface area contributed by atoms with Gasteiger partial charge >= 0.3 is 5.97 Å². The van der Waals surface area contributed by atoms with Crippen LogP contribution in [0.3, 0.4) is 0 Å². The topological polar surface area (TPSA) is 42.1 Å². The Hall–Kier alpha value is -1.26. The van der Waals surface area contributed by atoms with Gasteiger partial charge in [-0.05, 0) is 46.6 Å². The van der Waals surface area contributed by atoms with E-state index in [0.717, 1.165) is 15.6 Å².